The van der Waals surface area contributed by atoms with Gasteiger partial charge >= 0.3 is 0 Å². The number of sulfonamides is 1. The summed E-state index contributed by atoms with van der Waals surface area (Å²) in [5.74, 6) is -1.39. The predicted octanol–water partition coefficient (Wildman–Crippen LogP) is 2.19. The molecule has 0 saturated carbocycles. The highest BCUT2D eigenvalue weighted by molar-refractivity contribution is 7.92. The highest BCUT2D eigenvalue weighted by Gasteiger charge is 2.19. The van der Waals surface area contributed by atoms with E-state index >= 15 is 0 Å². The van der Waals surface area contributed by atoms with Crippen molar-refractivity contribution in [2.24, 2.45) is 0 Å². The Hall–Kier alpha value is -2.94. The maximum Gasteiger partial charge on any atom is 0.261 e. The van der Waals surface area contributed by atoms with E-state index in [1.54, 1.807) is 20.8 Å². The third kappa shape index (κ3) is 5.78. The number of carbonyl (C=O) groups is 2. The minimum atomic E-state index is -3.98. The van der Waals surface area contributed by atoms with Crippen molar-refractivity contribution in [2.75, 3.05) is 11.3 Å². The first-order valence-corrected chi connectivity index (χ1v) is 10.0. The second kappa shape index (κ2) is 8.83. The van der Waals surface area contributed by atoms with Crippen molar-refractivity contribution in [3.05, 3.63) is 59.4 Å². The fourth-order valence-electron chi connectivity index (χ4n) is 2.37. The van der Waals surface area contributed by atoms with Crippen molar-refractivity contribution >= 4 is 27.5 Å². The van der Waals surface area contributed by atoms with E-state index < -0.39 is 21.7 Å². The van der Waals surface area contributed by atoms with Crippen LogP contribution in [0.25, 0.3) is 0 Å². The summed E-state index contributed by atoms with van der Waals surface area (Å²) in [6.07, 6.45) is 0. The molecule has 0 bridgehead atoms. The molecule has 28 heavy (non-hydrogen) atoms. The number of amides is 2. The molecule has 0 unspecified atom stereocenters. The number of carbonyl (C=O) groups excluding carboxylic acids is 2. The number of hydrogen-bond donors (Lipinski definition) is 3. The highest BCUT2D eigenvalue weighted by atomic mass is 32.2. The standard InChI is InChI=1S/C19H22FN3O4S/c1-12(2)22-18(24)11-21-19(25)17-10-16(9-4-13(17)3)28(26,27)23-15-7-5-14(20)6-8-15/h4-10,12,23H,11H2,1-3H3,(H,21,25)(H,22,24). The number of rotatable bonds is 7. The summed E-state index contributed by atoms with van der Waals surface area (Å²) in [6.45, 7) is 5.03. The summed E-state index contributed by atoms with van der Waals surface area (Å²) in [5.41, 5.74) is 0.889. The van der Waals surface area contributed by atoms with E-state index in [9.17, 15) is 22.4 Å². The van der Waals surface area contributed by atoms with Gasteiger partial charge in [0.25, 0.3) is 15.9 Å². The lowest BCUT2D eigenvalue weighted by Gasteiger charge is -2.12. The Labute approximate surface area is 163 Å². The Morgan fingerprint density at radius 3 is 2.32 bits per heavy atom. The Kier molecular flexibility index (Phi) is 6.74. The normalized spacial score (nSPS) is 11.2. The molecular weight excluding hydrogens is 385 g/mol. The zero-order valence-electron chi connectivity index (χ0n) is 15.7. The van der Waals surface area contributed by atoms with E-state index in [0.717, 1.165) is 12.1 Å². The monoisotopic (exact) mass is 407 g/mol. The third-order valence-corrected chi connectivity index (χ3v) is 5.10. The van der Waals surface area contributed by atoms with Crippen LogP contribution in [0.1, 0.15) is 29.8 Å². The van der Waals surface area contributed by atoms with Gasteiger partial charge in [-0.3, -0.25) is 14.3 Å². The first-order chi connectivity index (χ1) is 13.1. The van der Waals surface area contributed by atoms with Crippen LogP contribution in [0.2, 0.25) is 0 Å². The fraction of sp³-hybridized carbons (Fsp3) is 0.263. The van der Waals surface area contributed by atoms with Gasteiger partial charge in [0.15, 0.2) is 0 Å². The molecule has 0 radical (unpaired) electrons. The first-order valence-electron chi connectivity index (χ1n) is 8.55. The van der Waals surface area contributed by atoms with E-state index in [2.05, 4.69) is 15.4 Å². The number of aryl methyl sites for hydroxylation is 1. The van der Waals surface area contributed by atoms with E-state index in [1.165, 1.54) is 30.3 Å². The molecule has 2 rings (SSSR count). The molecule has 9 heteroatoms. The van der Waals surface area contributed by atoms with Gasteiger partial charge in [-0.2, -0.15) is 0 Å². The number of anilines is 1. The van der Waals surface area contributed by atoms with Gasteiger partial charge in [0, 0.05) is 17.3 Å². The summed E-state index contributed by atoms with van der Waals surface area (Å²) in [7, 11) is -3.98. The highest BCUT2D eigenvalue weighted by Crippen LogP contribution is 2.19. The Bertz CT molecular complexity index is 973. The molecule has 0 aliphatic rings. The lowest BCUT2D eigenvalue weighted by Crippen LogP contribution is -2.40. The van der Waals surface area contributed by atoms with Gasteiger partial charge in [-0.1, -0.05) is 6.07 Å². The average Bonchev–Trinajstić information content (AvgIpc) is 2.61. The molecule has 2 amide bonds. The number of hydrogen-bond acceptors (Lipinski definition) is 4. The van der Waals surface area contributed by atoms with E-state index in [-0.39, 0.29) is 34.6 Å². The van der Waals surface area contributed by atoms with Crippen molar-refractivity contribution in [1.82, 2.24) is 10.6 Å². The lowest BCUT2D eigenvalue weighted by atomic mass is 10.1. The summed E-state index contributed by atoms with van der Waals surface area (Å²) in [5, 5.41) is 5.12. The number of benzene rings is 2. The predicted molar refractivity (Wildman–Crippen MR) is 104 cm³/mol. The van der Waals surface area contributed by atoms with Gasteiger partial charge in [0.2, 0.25) is 5.91 Å². The fourth-order valence-corrected chi connectivity index (χ4v) is 3.46. The Balaban J connectivity index is 2.18. The first kappa shape index (κ1) is 21.4. The van der Waals surface area contributed by atoms with Crippen LogP contribution in [0, 0.1) is 12.7 Å². The molecular formula is C19H22FN3O4S. The maximum absolute atomic E-state index is 13.0. The molecule has 0 spiro atoms. The molecule has 0 aromatic heterocycles. The molecule has 150 valence electrons. The van der Waals surface area contributed by atoms with Gasteiger partial charge in [0.05, 0.1) is 11.4 Å². The van der Waals surface area contributed by atoms with Gasteiger partial charge in [0.1, 0.15) is 5.82 Å². The van der Waals surface area contributed by atoms with Gasteiger partial charge in [-0.15, -0.1) is 0 Å². The molecule has 0 fully saturated rings. The van der Waals surface area contributed by atoms with Gasteiger partial charge in [-0.05, 0) is 62.7 Å². The second-order valence-corrected chi connectivity index (χ2v) is 8.18. The molecule has 3 N–H and O–H groups in total. The van der Waals surface area contributed by atoms with Crippen molar-refractivity contribution in [1.29, 1.82) is 0 Å². The quantitative estimate of drug-likeness (QED) is 0.654. The van der Waals surface area contributed by atoms with Crippen molar-refractivity contribution in [3.63, 3.8) is 0 Å². The molecule has 0 saturated heterocycles. The SMILES string of the molecule is Cc1ccc(S(=O)(=O)Nc2ccc(F)cc2)cc1C(=O)NCC(=O)NC(C)C. The molecule has 0 heterocycles. The third-order valence-electron chi connectivity index (χ3n) is 3.72. The van der Waals surface area contributed by atoms with Crippen molar-refractivity contribution in [2.45, 2.75) is 31.7 Å². The largest absolute Gasteiger partial charge is 0.352 e. The minimum Gasteiger partial charge on any atom is -0.352 e. The summed E-state index contributed by atoms with van der Waals surface area (Å²) in [4.78, 5) is 23.9. The molecule has 2 aromatic rings. The molecule has 2 aromatic carbocycles. The maximum atomic E-state index is 13.0. The second-order valence-electron chi connectivity index (χ2n) is 6.49. The zero-order chi connectivity index (χ0) is 20.9. The van der Waals surface area contributed by atoms with Crippen LogP contribution in [-0.4, -0.2) is 32.8 Å². The van der Waals surface area contributed by atoms with Crippen LogP contribution in [0.4, 0.5) is 10.1 Å². The molecule has 0 aliphatic heterocycles. The topological polar surface area (TPSA) is 104 Å². The molecule has 0 aliphatic carbocycles. The minimum absolute atomic E-state index is 0.0582. The summed E-state index contributed by atoms with van der Waals surface area (Å²) in [6, 6.07) is 8.90. The van der Waals surface area contributed by atoms with E-state index in [1.807, 2.05) is 0 Å². The van der Waals surface area contributed by atoms with Gasteiger partial charge in [-0.25, -0.2) is 12.8 Å². The van der Waals surface area contributed by atoms with Crippen LogP contribution in [-0.2, 0) is 14.8 Å². The zero-order valence-corrected chi connectivity index (χ0v) is 16.6. The van der Waals surface area contributed by atoms with Crippen molar-refractivity contribution < 1.29 is 22.4 Å². The Morgan fingerprint density at radius 2 is 1.71 bits per heavy atom. The van der Waals surface area contributed by atoms with Crippen LogP contribution in [0.3, 0.4) is 0 Å². The van der Waals surface area contributed by atoms with Crippen LogP contribution in [0.15, 0.2) is 47.4 Å². The van der Waals surface area contributed by atoms with E-state index in [0.29, 0.717) is 5.56 Å². The number of nitrogens with one attached hydrogen (secondary N) is 3. The summed E-state index contributed by atoms with van der Waals surface area (Å²) < 4.78 is 40.4. The molecule has 7 nitrogen and oxygen atoms in total. The Morgan fingerprint density at radius 1 is 1.07 bits per heavy atom. The average molecular weight is 407 g/mol. The van der Waals surface area contributed by atoms with Crippen molar-refractivity contribution in [3.8, 4) is 0 Å². The number of halogens is 1. The van der Waals surface area contributed by atoms with Crippen LogP contribution >= 0.6 is 0 Å². The van der Waals surface area contributed by atoms with E-state index in [4.69, 9.17) is 0 Å². The smallest absolute Gasteiger partial charge is 0.261 e. The molecule has 0 atom stereocenters. The van der Waals surface area contributed by atoms with Crippen LogP contribution in [0.5, 0.6) is 0 Å². The summed E-state index contributed by atoms with van der Waals surface area (Å²) >= 11 is 0. The lowest BCUT2D eigenvalue weighted by molar-refractivity contribution is -0.120. The van der Waals surface area contributed by atoms with Crippen LogP contribution < -0.4 is 15.4 Å². The van der Waals surface area contributed by atoms with Gasteiger partial charge < -0.3 is 10.6 Å².